The fourth-order valence-corrected chi connectivity index (χ4v) is 4.74. The van der Waals surface area contributed by atoms with Crippen LogP contribution < -0.4 is 0 Å². The largest absolute Gasteiger partial charge is 0.462 e. The van der Waals surface area contributed by atoms with Gasteiger partial charge in [0.25, 0.3) is 0 Å². The standard InChI is InChI=1S/C18H21BO4P2/c19-24-25-23-17-11-16-15(10-18(21)22-16)14(17)9-8-13(20)7-6-12-4-2-1-3-5-12/h1-5,8-9,14-17,24-25H,6-7,10-11H2/b9-8+/t14-,15-,16+,17-/m1/s1. The Morgan fingerprint density at radius 1 is 1.36 bits per heavy atom. The molecule has 0 amide bonds. The molecule has 25 heavy (non-hydrogen) atoms. The lowest BCUT2D eigenvalue weighted by molar-refractivity contribution is -0.141. The second kappa shape index (κ2) is 9.08. The number of ketones is 1. The van der Waals surface area contributed by atoms with E-state index in [0.29, 0.717) is 19.3 Å². The second-order valence-electron chi connectivity index (χ2n) is 6.42. The fraction of sp³-hybridized carbons (Fsp3) is 0.444. The summed E-state index contributed by atoms with van der Waals surface area (Å²) < 4.78 is 11.2. The van der Waals surface area contributed by atoms with Gasteiger partial charge in [-0.1, -0.05) is 36.4 Å². The average Bonchev–Trinajstić information content (AvgIpc) is 3.13. The maximum Gasteiger partial charge on any atom is 0.306 e. The maximum absolute atomic E-state index is 12.2. The van der Waals surface area contributed by atoms with Crippen LogP contribution in [0.3, 0.4) is 0 Å². The highest BCUT2D eigenvalue weighted by Crippen LogP contribution is 2.47. The molecule has 1 heterocycles. The van der Waals surface area contributed by atoms with E-state index in [1.54, 1.807) is 6.08 Å². The fourth-order valence-electron chi connectivity index (χ4n) is 3.61. The molecule has 6 atom stereocenters. The van der Waals surface area contributed by atoms with E-state index in [4.69, 9.17) is 16.8 Å². The van der Waals surface area contributed by atoms with Crippen LogP contribution in [0.15, 0.2) is 42.5 Å². The molecule has 4 nitrogen and oxygen atoms in total. The van der Waals surface area contributed by atoms with Crippen molar-refractivity contribution < 1.29 is 18.8 Å². The summed E-state index contributed by atoms with van der Waals surface area (Å²) in [4.78, 5) is 23.8. The van der Waals surface area contributed by atoms with Gasteiger partial charge in [0.05, 0.1) is 12.5 Å². The van der Waals surface area contributed by atoms with Gasteiger partial charge in [-0.25, -0.2) is 0 Å². The summed E-state index contributed by atoms with van der Waals surface area (Å²) in [6.07, 6.45) is 5.80. The molecule has 3 rings (SSSR count). The lowest BCUT2D eigenvalue weighted by atomic mass is 9.91. The predicted octanol–water partition coefficient (Wildman–Crippen LogP) is 3.35. The molecule has 0 N–H and O–H groups in total. The number of carbonyl (C=O) groups is 2. The quantitative estimate of drug-likeness (QED) is 0.303. The molecule has 0 bridgehead atoms. The number of allylic oxidation sites excluding steroid dienone is 1. The summed E-state index contributed by atoms with van der Waals surface area (Å²) >= 11 is 0. The first-order valence-electron chi connectivity index (χ1n) is 8.48. The Bertz CT molecular complexity index is 637. The van der Waals surface area contributed by atoms with Crippen LogP contribution in [0, 0.1) is 11.8 Å². The van der Waals surface area contributed by atoms with E-state index < -0.39 is 0 Å². The molecule has 1 aromatic carbocycles. The number of ether oxygens (including phenoxy) is 1. The zero-order valence-corrected chi connectivity index (χ0v) is 15.9. The Labute approximate surface area is 153 Å². The van der Waals surface area contributed by atoms with Crippen LogP contribution in [0.25, 0.3) is 0 Å². The molecule has 2 radical (unpaired) electrons. The van der Waals surface area contributed by atoms with Crippen LogP contribution in [0.4, 0.5) is 0 Å². The van der Waals surface area contributed by atoms with Crippen LogP contribution in [0.5, 0.6) is 0 Å². The van der Waals surface area contributed by atoms with Gasteiger partial charge in [0.2, 0.25) is 0 Å². The van der Waals surface area contributed by atoms with E-state index in [0.717, 1.165) is 12.0 Å². The van der Waals surface area contributed by atoms with Gasteiger partial charge < -0.3 is 9.26 Å². The van der Waals surface area contributed by atoms with E-state index in [1.807, 2.05) is 36.4 Å². The van der Waals surface area contributed by atoms with Crippen LogP contribution in [-0.2, 0) is 25.3 Å². The van der Waals surface area contributed by atoms with Crippen molar-refractivity contribution in [1.82, 2.24) is 0 Å². The van der Waals surface area contributed by atoms with Crippen LogP contribution >= 0.6 is 16.6 Å². The van der Waals surface area contributed by atoms with Gasteiger partial charge in [0.1, 0.15) is 13.7 Å². The van der Waals surface area contributed by atoms with Crippen molar-refractivity contribution in [2.75, 3.05) is 0 Å². The molecular formula is C18H21BO4P2. The van der Waals surface area contributed by atoms with E-state index in [-0.39, 0.29) is 52.4 Å². The van der Waals surface area contributed by atoms with Crippen molar-refractivity contribution >= 4 is 36.0 Å². The summed E-state index contributed by atoms with van der Waals surface area (Å²) in [6, 6.07) is 9.98. The van der Waals surface area contributed by atoms with Gasteiger partial charge in [0, 0.05) is 33.2 Å². The SMILES string of the molecule is [B]PPO[C@@H]1C[C@@H]2OC(=O)C[C@@H]2[C@H]1/C=C/C(=O)CCc1ccccc1. The number of esters is 1. The topological polar surface area (TPSA) is 52.6 Å². The summed E-state index contributed by atoms with van der Waals surface area (Å²) in [5, 5.41) is 0. The Morgan fingerprint density at radius 2 is 2.16 bits per heavy atom. The van der Waals surface area contributed by atoms with Gasteiger partial charge in [-0.3, -0.25) is 9.59 Å². The zero-order valence-electron chi connectivity index (χ0n) is 13.9. The first-order chi connectivity index (χ1) is 12.2. The zero-order chi connectivity index (χ0) is 17.6. The molecule has 1 aromatic rings. The summed E-state index contributed by atoms with van der Waals surface area (Å²) in [6.45, 7) is 0. The third-order valence-corrected chi connectivity index (χ3v) is 6.07. The number of hydrogen-bond acceptors (Lipinski definition) is 4. The van der Waals surface area contributed by atoms with Crippen molar-refractivity contribution in [3.63, 3.8) is 0 Å². The Morgan fingerprint density at radius 3 is 2.92 bits per heavy atom. The molecule has 2 aliphatic rings. The molecule has 130 valence electrons. The number of fused-ring (bicyclic) bond motifs is 1. The lowest BCUT2D eigenvalue weighted by Crippen LogP contribution is -2.19. The molecule has 0 spiro atoms. The summed E-state index contributed by atoms with van der Waals surface area (Å²) in [5.74, 6) is 0.104. The predicted molar refractivity (Wildman–Crippen MR) is 102 cm³/mol. The van der Waals surface area contributed by atoms with Gasteiger partial charge in [0.15, 0.2) is 5.78 Å². The van der Waals surface area contributed by atoms with Gasteiger partial charge >= 0.3 is 5.97 Å². The molecule has 1 saturated heterocycles. The molecule has 2 fully saturated rings. The number of aryl methyl sites for hydroxylation is 1. The molecule has 0 aromatic heterocycles. The van der Waals surface area contributed by atoms with Gasteiger partial charge in [-0.15, -0.1) is 8.15 Å². The van der Waals surface area contributed by atoms with Crippen LogP contribution in [0.1, 0.15) is 24.8 Å². The average molecular weight is 374 g/mol. The molecule has 1 aliphatic heterocycles. The van der Waals surface area contributed by atoms with E-state index >= 15 is 0 Å². The molecular weight excluding hydrogens is 353 g/mol. The smallest absolute Gasteiger partial charge is 0.306 e. The minimum Gasteiger partial charge on any atom is -0.462 e. The van der Waals surface area contributed by atoms with Crippen molar-refractivity contribution in [2.45, 2.75) is 37.9 Å². The highest BCUT2D eigenvalue weighted by Gasteiger charge is 2.49. The highest BCUT2D eigenvalue weighted by atomic mass is 32.0. The van der Waals surface area contributed by atoms with E-state index in [1.165, 1.54) is 0 Å². The lowest BCUT2D eigenvalue weighted by Gasteiger charge is -2.19. The molecule has 1 saturated carbocycles. The van der Waals surface area contributed by atoms with Crippen molar-refractivity contribution in [3.05, 3.63) is 48.0 Å². The number of hydrogen-bond donors (Lipinski definition) is 0. The van der Waals surface area contributed by atoms with Crippen molar-refractivity contribution in [2.24, 2.45) is 11.8 Å². The Kier molecular flexibility index (Phi) is 6.81. The normalized spacial score (nSPS) is 29.2. The monoisotopic (exact) mass is 374 g/mol. The molecule has 2 unspecified atom stereocenters. The molecule has 1 aliphatic carbocycles. The van der Waals surface area contributed by atoms with E-state index in [9.17, 15) is 9.59 Å². The van der Waals surface area contributed by atoms with Gasteiger partial charge in [-0.05, 0) is 18.1 Å². The number of rotatable bonds is 8. The highest BCUT2D eigenvalue weighted by molar-refractivity contribution is 8.21. The van der Waals surface area contributed by atoms with Crippen molar-refractivity contribution in [1.29, 1.82) is 0 Å². The first-order valence-corrected chi connectivity index (χ1v) is 11.5. The van der Waals surface area contributed by atoms with E-state index in [2.05, 4.69) is 0 Å². The Hall–Kier alpha value is -1.02. The number of carbonyl (C=O) groups excluding carboxylic acids is 2. The molecule has 7 heteroatoms. The summed E-state index contributed by atoms with van der Waals surface area (Å²) in [7, 11) is 6.09. The summed E-state index contributed by atoms with van der Waals surface area (Å²) in [5.41, 5.74) is 1.16. The van der Waals surface area contributed by atoms with Crippen molar-refractivity contribution in [3.8, 4) is 0 Å². The minimum absolute atomic E-state index is 0.0179. The third kappa shape index (κ3) is 5.00. The Balaban J connectivity index is 1.58. The third-order valence-electron chi connectivity index (χ3n) is 4.83. The van der Waals surface area contributed by atoms with Gasteiger partial charge in [-0.2, -0.15) is 0 Å². The van der Waals surface area contributed by atoms with Crippen LogP contribution in [0.2, 0.25) is 0 Å². The first kappa shape index (κ1) is 18.8. The van der Waals surface area contributed by atoms with Crippen LogP contribution in [-0.4, -0.2) is 31.5 Å². The minimum atomic E-state index is -0.148. The second-order valence-corrected chi connectivity index (χ2v) is 8.63. The maximum atomic E-state index is 12.2. The number of benzene rings is 1.